The standard InChI is InChI=1S/C25H29N5O5/c1-15(27-25(35)26-2)23(33)29-12-10-16(11-13-29)6-7-17-4-3-5-18-19(17)14-30(24(18)34)20-8-9-21(31)28-22(20)32/h3-5,15-16,20H,8-14H2,1-2H3,(H2,26,27,35)(H,28,31,32)/t15-,20?/m1/s1. The van der Waals surface area contributed by atoms with Gasteiger partial charge in [-0.1, -0.05) is 17.9 Å². The molecule has 0 spiro atoms. The normalized spacial score (nSPS) is 21.0. The zero-order chi connectivity index (χ0) is 25.1. The minimum Gasteiger partial charge on any atom is -0.341 e. The molecule has 0 saturated carbocycles. The lowest BCUT2D eigenvalue weighted by atomic mass is 9.95. The van der Waals surface area contributed by atoms with Crippen LogP contribution in [0.25, 0.3) is 0 Å². The third-order valence-electron chi connectivity index (χ3n) is 6.74. The van der Waals surface area contributed by atoms with E-state index >= 15 is 0 Å². The number of urea groups is 1. The maximum absolute atomic E-state index is 13.0. The Morgan fingerprint density at radius 3 is 2.57 bits per heavy atom. The summed E-state index contributed by atoms with van der Waals surface area (Å²) in [5, 5.41) is 7.36. The van der Waals surface area contributed by atoms with Crippen LogP contribution in [0.1, 0.15) is 54.1 Å². The number of nitrogens with one attached hydrogen (secondary N) is 3. The Hall–Kier alpha value is -3.87. The molecule has 1 unspecified atom stereocenters. The van der Waals surface area contributed by atoms with E-state index in [1.54, 1.807) is 24.0 Å². The Balaban J connectivity index is 1.39. The summed E-state index contributed by atoms with van der Waals surface area (Å²) >= 11 is 0. The molecule has 2 atom stereocenters. The van der Waals surface area contributed by atoms with Crippen molar-refractivity contribution in [1.82, 2.24) is 25.8 Å². The number of hydrogen-bond acceptors (Lipinski definition) is 5. The van der Waals surface area contributed by atoms with Crippen LogP contribution in [-0.2, 0) is 20.9 Å². The molecule has 35 heavy (non-hydrogen) atoms. The molecule has 0 radical (unpaired) electrons. The van der Waals surface area contributed by atoms with E-state index in [2.05, 4.69) is 27.8 Å². The molecule has 3 heterocycles. The predicted octanol–water partition coefficient (Wildman–Crippen LogP) is 0.355. The molecule has 2 saturated heterocycles. The molecule has 4 rings (SSSR count). The van der Waals surface area contributed by atoms with Crippen LogP contribution in [0.2, 0.25) is 0 Å². The van der Waals surface area contributed by atoms with Crippen molar-refractivity contribution in [3.8, 4) is 11.8 Å². The number of carbonyl (C=O) groups is 5. The smallest absolute Gasteiger partial charge is 0.315 e. The fourth-order valence-electron chi connectivity index (χ4n) is 4.73. The van der Waals surface area contributed by atoms with Crippen LogP contribution in [-0.4, -0.2) is 71.7 Å². The number of amides is 6. The average Bonchev–Trinajstić information content (AvgIpc) is 3.19. The van der Waals surface area contributed by atoms with Gasteiger partial charge in [0.2, 0.25) is 17.7 Å². The summed E-state index contributed by atoms with van der Waals surface area (Å²) in [6, 6.07) is 3.75. The highest BCUT2D eigenvalue weighted by atomic mass is 16.2. The summed E-state index contributed by atoms with van der Waals surface area (Å²) < 4.78 is 0. The van der Waals surface area contributed by atoms with Gasteiger partial charge in [0.1, 0.15) is 12.1 Å². The molecular formula is C25H29N5O5. The van der Waals surface area contributed by atoms with Crippen LogP contribution in [0.15, 0.2) is 18.2 Å². The lowest BCUT2D eigenvalue weighted by Gasteiger charge is -2.32. The molecule has 3 aliphatic rings. The number of carbonyl (C=O) groups excluding carboxylic acids is 5. The van der Waals surface area contributed by atoms with Crippen molar-refractivity contribution in [3.05, 3.63) is 34.9 Å². The quantitative estimate of drug-likeness (QED) is 0.426. The fraction of sp³-hybridized carbons (Fsp3) is 0.480. The van der Waals surface area contributed by atoms with E-state index in [1.165, 1.54) is 11.9 Å². The fourth-order valence-corrected chi connectivity index (χ4v) is 4.73. The van der Waals surface area contributed by atoms with Crippen molar-refractivity contribution in [2.75, 3.05) is 20.1 Å². The highest BCUT2D eigenvalue weighted by molar-refractivity contribution is 6.05. The topological polar surface area (TPSA) is 128 Å². The maximum Gasteiger partial charge on any atom is 0.315 e. The van der Waals surface area contributed by atoms with Gasteiger partial charge in [0.15, 0.2) is 0 Å². The van der Waals surface area contributed by atoms with Gasteiger partial charge in [-0.05, 0) is 43.9 Å². The van der Waals surface area contributed by atoms with Gasteiger partial charge in [-0.2, -0.15) is 0 Å². The molecule has 6 amide bonds. The Kier molecular flexibility index (Phi) is 7.05. The van der Waals surface area contributed by atoms with Crippen molar-refractivity contribution in [2.24, 2.45) is 5.92 Å². The van der Waals surface area contributed by atoms with E-state index in [9.17, 15) is 24.0 Å². The van der Waals surface area contributed by atoms with Gasteiger partial charge in [0, 0.05) is 50.1 Å². The molecule has 3 N–H and O–H groups in total. The number of nitrogens with zero attached hydrogens (tertiary/aromatic N) is 2. The maximum atomic E-state index is 13.0. The highest BCUT2D eigenvalue weighted by Crippen LogP contribution is 2.29. The first-order chi connectivity index (χ1) is 16.8. The van der Waals surface area contributed by atoms with Crippen molar-refractivity contribution < 1.29 is 24.0 Å². The Morgan fingerprint density at radius 1 is 1.14 bits per heavy atom. The van der Waals surface area contributed by atoms with E-state index < -0.39 is 24.0 Å². The van der Waals surface area contributed by atoms with E-state index in [-0.39, 0.29) is 36.6 Å². The molecule has 184 valence electrons. The zero-order valence-corrected chi connectivity index (χ0v) is 19.8. The molecule has 0 aromatic heterocycles. The SMILES string of the molecule is CNC(=O)N[C@H](C)C(=O)N1CCC(C#Cc2cccc3c2CN(C2CCC(=O)NC2=O)C3=O)CC1. The minimum atomic E-state index is -0.657. The summed E-state index contributed by atoms with van der Waals surface area (Å²) in [5.41, 5.74) is 2.10. The van der Waals surface area contributed by atoms with Crippen LogP contribution in [0.4, 0.5) is 4.79 Å². The van der Waals surface area contributed by atoms with E-state index in [4.69, 9.17) is 0 Å². The van der Waals surface area contributed by atoms with Crippen molar-refractivity contribution >= 4 is 29.7 Å². The van der Waals surface area contributed by atoms with Gasteiger partial charge in [-0.15, -0.1) is 0 Å². The molecule has 10 nitrogen and oxygen atoms in total. The second kappa shape index (κ2) is 10.2. The van der Waals surface area contributed by atoms with Crippen LogP contribution < -0.4 is 16.0 Å². The van der Waals surface area contributed by atoms with E-state index in [0.29, 0.717) is 25.1 Å². The van der Waals surface area contributed by atoms with Crippen LogP contribution >= 0.6 is 0 Å². The zero-order valence-electron chi connectivity index (χ0n) is 19.8. The second-order valence-electron chi connectivity index (χ2n) is 9.05. The summed E-state index contributed by atoms with van der Waals surface area (Å²) in [6.45, 7) is 3.08. The van der Waals surface area contributed by atoms with Crippen molar-refractivity contribution in [2.45, 2.75) is 51.2 Å². The Labute approximate surface area is 203 Å². The van der Waals surface area contributed by atoms with Crippen LogP contribution in [0.5, 0.6) is 0 Å². The van der Waals surface area contributed by atoms with Crippen molar-refractivity contribution in [3.63, 3.8) is 0 Å². The third kappa shape index (κ3) is 5.14. The molecular weight excluding hydrogens is 450 g/mol. The number of fused-ring (bicyclic) bond motifs is 1. The van der Waals surface area contributed by atoms with Crippen molar-refractivity contribution in [1.29, 1.82) is 0 Å². The summed E-state index contributed by atoms with van der Waals surface area (Å²) in [6.07, 6.45) is 1.98. The largest absolute Gasteiger partial charge is 0.341 e. The number of piperidine rings is 2. The van der Waals surface area contributed by atoms with E-state index in [1.807, 2.05) is 6.07 Å². The molecule has 0 bridgehead atoms. The molecule has 1 aromatic rings. The first-order valence-electron chi connectivity index (χ1n) is 11.8. The number of likely N-dealkylation sites (tertiary alicyclic amines) is 1. The van der Waals surface area contributed by atoms with Gasteiger partial charge in [0.25, 0.3) is 5.91 Å². The second-order valence-corrected chi connectivity index (χ2v) is 9.05. The predicted molar refractivity (Wildman–Crippen MR) is 126 cm³/mol. The first-order valence-corrected chi connectivity index (χ1v) is 11.8. The molecule has 2 fully saturated rings. The van der Waals surface area contributed by atoms with E-state index in [0.717, 1.165) is 24.0 Å². The van der Waals surface area contributed by atoms with Gasteiger partial charge in [-0.3, -0.25) is 24.5 Å². The molecule has 10 heteroatoms. The number of imide groups is 1. The van der Waals surface area contributed by atoms with Gasteiger partial charge >= 0.3 is 6.03 Å². The number of benzene rings is 1. The Morgan fingerprint density at radius 2 is 1.89 bits per heavy atom. The van der Waals surface area contributed by atoms with Gasteiger partial charge in [-0.25, -0.2) is 4.79 Å². The van der Waals surface area contributed by atoms with Gasteiger partial charge < -0.3 is 20.4 Å². The summed E-state index contributed by atoms with van der Waals surface area (Å²) in [4.78, 5) is 64.0. The average molecular weight is 480 g/mol. The van der Waals surface area contributed by atoms with Crippen LogP contribution in [0.3, 0.4) is 0 Å². The summed E-state index contributed by atoms with van der Waals surface area (Å²) in [7, 11) is 1.50. The van der Waals surface area contributed by atoms with Gasteiger partial charge in [0.05, 0.1) is 0 Å². The lowest BCUT2D eigenvalue weighted by Crippen LogP contribution is -2.52. The molecule has 0 aliphatic carbocycles. The minimum absolute atomic E-state index is 0.112. The number of hydrogen-bond donors (Lipinski definition) is 3. The number of rotatable bonds is 3. The molecule has 3 aliphatic heterocycles. The third-order valence-corrected chi connectivity index (χ3v) is 6.74. The summed E-state index contributed by atoms with van der Waals surface area (Å²) in [5.74, 6) is 5.55. The highest BCUT2D eigenvalue weighted by Gasteiger charge is 2.39. The molecule has 1 aromatic carbocycles. The first kappa shape index (κ1) is 24.3. The van der Waals surface area contributed by atoms with Crippen LogP contribution in [0, 0.1) is 17.8 Å². The monoisotopic (exact) mass is 479 g/mol. The Bertz CT molecular complexity index is 1130. The lowest BCUT2D eigenvalue weighted by molar-refractivity contribution is -0.137.